The Bertz CT molecular complexity index is 213. The predicted molar refractivity (Wildman–Crippen MR) is 41.9 cm³/mol. The number of aliphatic carboxylic acids is 1. The largest absolute Gasteiger partial charge is 0.480 e. The zero-order chi connectivity index (χ0) is 10.3. The molecule has 0 radical (unpaired) electrons. The summed E-state index contributed by atoms with van der Waals surface area (Å²) in [5.74, 6) is -2.47. The first-order valence-electron chi connectivity index (χ1n) is 3.70. The number of esters is 1. The summed E-state index contributed by atoms with van der Waals surface area (Å²) in [7, 11) is 0. The Labute approximate surface area is 74.9 Å². The summed E-state index contributed by atoms with van der Waals surface area (Å²) < 4.78 is 4.47. The van der Waals surface area contributed by atoms with Crippen LogP contribution in [0.3, 0.4) is 0 Å². The van der Waals surface area contributed by atoms with Crippen LogP contribution in [-0.4, -0.2) is 36.1 Å². The Morgan fingerprint density at radius 3 is 2.46 bits per heavy atom. The van der Waals surface area contributed by atoms with E-state index in [-0.39, 0.29) is 6.61 Å². The Hall–Kier alpha value is -1.59. The quantitative estimate of drug-likeness (QED) is 0.433. The second-order valence-electron chi connectivity index (χ2n) is 2.15. The molecule has 0 heterocycles. The maximum Gasteiger partial charge on any atom is 0.322 e. The van der Waals surface area contributed by atoms with Crippen LogP contribution in [-0.2, 0) is 19.1 Å². The zero-order valence-electron chi connectivity index (χ0n) is 7.20. The average molecular weight is 189 g/mol. The van der Waals surface area contributed by atoms with Crippen LogP contribution in [0.2, 0.25) is 0 Å². The molecule has 0 unspecified atom stereocenters. The molecule has 0 bridgehead atoms. The number of amides is 1. The van der Waals surface area contributed by atoms with E-state index in [4.69, 9.17) is 5.11 Å². The second kappa shape index (κ2) is 5.99. The first-order valence-corrected chi connectivity index (χ1v) is 3.70. The maximum absolute atomic E-state index is 10.8. The Morgan fingerprint density at radius 2 is 2.00 bits per heavy atom. The van der Waals surface area contributed by atoms with Crippen molar-refractivity contribution in [3.8, 4) is 0 Å². The van der Waals surface area contributed by atoms with Crippen molar-refractivity contribution in [2.45, 2.75) is 13.3 Å². The van der Waals surface area contributed by atoms with Gasteiger partial charge in [-0.2, -0.15) is 0 Å². The van der Waals surface area contributed by atoms with Crippen molar-refractivity contribution in [3.63, 3.8) is 0 Å². The molecule has 0 atom stereocenters. The third kappa shape index (κ3) is 6.79. The van der Waals surface area contributed by atoms with E-state index in [1.165, 1.54) is 0 Å². The first kappa shape index (κ1) is 11.4. The summed E-state index contributed by atoms with van der Waals surface area (Å²) in [6.07, 6.45) is -0.443. The van der Waals surface area contributed by atoms with Gasteiger partial charge in [-0.1, -0.05) is 0 Å². The highest BCUT2D eigenvalue weighted by molar-refractivity contribution is 5.95. The lowest BCUT2D eigenvalue weighted by Gasteiger charge is -2.01. The van der Waals surface area contributed by atoms with Gasteiger partial charge in [0.15, 0.2) is 0 Å². The van der Waals surface area contributed by atoms with Gasteiger partial charge in [0.25, 0.3) is 0 Å². The average Bonchev–Trinajstić information content (AvgIpc) is 2.01. The summed E-state index contributed by atoms with van der Waals surface area (Å²) in [6, 6.07) is 0. The summed E-state index contributed by atoms with van der Waals surface area (Å²) >= 11 is 0. The molecule has 0 saturated carbocycles. The summed E-state index contributed by atoms with van der Waals surface area (Å²) in [6.45, 7) is 1.33. The van der Waals surface area contributed by atoms with Crippen molar-refractivity contribution in [2.24, 2.45) is 0 Å². The molecule has 0 aromatic rings. The lowest BCUT2D eigenvalue weighted by molar-refractivity contribution is -0.147. The molecular formula is C7H11NO5. The molecule has 74 valence electrons. The number of carboxylic acids is 1. The minimum atomic E-state index is -1.16. The number of carbonyl (C=O) groups is 3. The number of hydrogen-bond acceptors (Lipinski definition) is 4. The van der Waals surface area contributed by atoms with Crippen LogP contribution in [0.15, 0.2) is 0 Å². The molecule has 0 aliphatic heterocycles. The molecule has 0 aliphatic carbocycles. The Kier molecular flexibility index (Phi) is 5.25. The van der Waals surface area contributed by atoms with Crippen molar-refractivity contribution >= 4 is 17.8 Å². The second-order valence-corrected chi connectivity index (χ2v) is 2.15. The van der Waals surface area contributed by atoms with Crippen LogP contribution in [0.25, 0.3) is 0 Å². The molecule has 0 aromatic heterocycles. The van der Waals surface area contributed by atoms with Gasteiger partial charge in [-0.15, -0.1) is 0 Å². The SMILES string of the molecule is CCOC(=O)CC(=O)NCC(=O)O. The van der Waals surface area contributed by atoms with Crippen LogP contribution < -0.4 is 5.32 Å². The van der Waals surface area contributed by atoms with E-state index in [1.54, 1.807) is 6.92 Å². The fraction of sp³-hybridized carbons (Fsp3) is 0.571. The van der Waals surface area contributed by atoms with E-state index in [0.29, 0.717) is 0 Å². The fourth-order valence-corrected chi connectivity index (χ4v) is 0.580. The maximum atomic E-state index is 10.8. The van der Waals surface area contributed by atoms with Crippen LogP contribution in [0.4, 0.5) is 0 Å². The molecule has 0 fully saturated rings. The molecule has 2 N–H and O–H groups in total. The molecule has 0 saturated heterocycles. The number of rotatable bonds is 5. The van der Waals surface area contributed by atoms with Gasteiger partial charge >= 0.3 is 11.9 Å². The van der Waals surface area contributed by atoms with Crippen LogP contribution in [0.1, 0.15) is 13.3 Å². The van der Waals surface area contributed by atoms with Gasteiger partial charge < -0.3 is 15.2 Å². The predicted octanol–water partition coefficient (Wildman–Crippen LogP) is -0.860. The van der Waals surface area contributed by atoms with E-state index >= 15 is 0 Å². The van der Waals surface area contributed by atoms with Crippen molar-refractivity contribution in [2.75, 3.05) is 13.2 Å². The lowest BCUT2D eigenvalue weighted by Crippen LogP contribution is -2.31. The van der Waals surface area contributed by atoms with Crippen molar-refractivity contribution in [3.05, 3.63) is 0 Å². The van der Waals surface area contributed by atoms with E-state index in [1.807, 2.05) is 5.32 Å². The van der Waals surface area contributed by atoms with E-state index in [9.17, 15) is 14.4 Å². The van der Waals surface area contributed by atoms with Crippen LogP contribution in [0.5, 0.6) is 0 Å². The molecule has 1 amide bonds. The van der Waals surface area contributed by atoms with Gasteiger partial charge in [-0.25, -0.2) is 0 Å². The number of hydrogen-bond donors (Lipinski definition) is 2. The topological polar surface area (TPSA) is 92.7 Å². The number of ether oxygens (including phenoxy) is 1. The van der Waals surface area contributed by atoms with Crippen molar-refractivity contribution in [1.82, 2.24) is 5.32 Å². The standard InChI is InChI=1S/C7H11NO5/c1-2-13-7(12)3-5(9)8-4-6(10)11/h2-4H2,1H3,(H,8,9)(H,10,11). The van der Waals surface area contributed by atoms with Gasteiger partial charge in [0.2, 0.25) is 5.91 Å². The molecule has 0 aromatic carbocycles. The molecule has 0 aliphatic rings. The highest BCUT2D eigenvalue weighted by Crippen LogP contribution is 1.85. The molecular weight excluding hydrogens is 178 g/mol. The summed E-state index contributed by atoms with van der Waals surface area (Å²) in [5, 5.41) is 10.2. The summed E-state index contributed by atoms with van der Waals surface area (Å²) in [5.41, 5.74) is 0. The van der Waals surface area contributed by atoms with E-state index < -0.39 is 30.8 Å². The minimum Gasteiger partial charge on any atom is -0.480 e. The van der Waals surface area contributed by atoms with E-state index in [2.05, 4.69) is 4.74 Å². The van der Waals surface area contributed by atoms with Gasteiger partial charge in [0, 0.05) is 0 Å². The zero-order valence-corrected chi connectivity index (χ0v) is 7.20. The highest BCUT2D eigenvalue weighted by Gasteiger charge is 2.10. The molecule has 6 nitrogen and oxygen atoms in total. The van der Waals surface area contributed by atoms with Gasteiger partial charge in [-0.3, -0.25) is 14.4 Å². The number of carboxylic acid groups (broad SMARTS) is 1. The highest BCUT2D eigenvalue weighted by atomic mass is 16.5. The van der Waals surface area contributed by atoms with Crippen LogP contribution in [0, 0.1) is 0 Å². The molecule has 0 rings (SSSR count). The Balaban J connectivity index is 3.62. The normalized spacial score (nSPS) is 9.00. The van der Waals surface area contributed by atoms with Gasteiger partial charge in [0.1, 0.15) is 13.0 Å². The third-order valence-corrected chi connectivity index (χ3v) is 1.05. The summed E-state index contributed by atoms with van der Waals surface area (Å²) in [4.78, 5) is 31.4. The monoisotopic (exact) mass is 189 g/mol. The van der Waals surface area contributed by atoms with Crippen molar-refractivity contribution in [1.29, 1.82) is 0 Å². The van der Waals surface area contributed by atoms with Crippen LogP contribution >= 0.6 is 0 Å². The molecule has 13 heavy (non-hydrogen) atoms. The number of nitrogens with one attached hydrogen (secondary N) is 1. The van der Waals surface area contributed by atoms with Crippen molar-refractivity contribution < 1.29 is 24.2 Å². The van der Waals surface area contributed by atoms with Gasteiger partial charge in [-0.05, 0) is 6.92 Å². The third-order valence-electron chi connectivity index (χ3n) is 1.05. The lowest BCUT2D eigenvalue weighted by atomic mass is 10.4. The molecule has 6 heteroatoms. The Morgan fingerprint density at radius 1 is 1.38 bits per heavy atom. The molecule has 0 spiro atoms. The smallest absolute Gasteiger partial charge is 0.322 e. The fourth-order valence-electron chi connectivity index (χ4n) is 0.580. The first-order chi connectivity index (χ1) is 6.06. The van der Waals surface area contributed by atoms with E-state index in [0.717, 1.165) is 0 Å². The number of carbonyl (C=O) groups excluding carboxylic acids is 2. The minimum absolute atomic E-state index is 0.199. The van der Waals surface area contributed by atoms with Gasteiger partial charge in [0.05, 0.1) is 6.61 Å².